The number of rotatable bonds is 6. The first-order chi connectivity index (χ1) is 11.8. The van der Waals surface area contributed by atoms with Gasteiger partial charge in [-0.05, 0) is 12.1 Å². The van der Waals surface area contributed by atoms with Gasteiger partial charge in [0.1, 0.15) is 11.5 Å². The lowest BCUT2D eigenvalue weighted by Crippen LogP contribution is -2.22. The maximum atomic E-state index is 12.6. The number of alkyl halides is 3. The predicted octanol–water partition coefficient (Wildman–Crippen LogP) is 1.76. The van der Waals surface area contributed by atoms with Crippen LogP contribution in [0.15, 0.2) is 23.4 Å². The van der Waals surface area contributed by atoms with E-state index >= 15 is 0 Å². The summed E-state index contributed by atoms with van der Waals surface area (Å²) >= 11 is 0.715. The Balaban J connectivity index is 2.03. The number of aromatic nitrogens is 3. The molecule has 0 aliphatic carbocycles. The number of benzene rings is 1. The molecule has 0 aliphatic heterocycles. The van der Waals surface area contributed by atoms with Crippen LogP contribution in [0.1, 0.15) is 5.82 Å². The second kappa shape index (κ2) is 7.51. The van der Waals surface area contributed by atoms with Crippen LogP contribution in [0.5, 0.6) is 11.5 Å². The third kappa shape index (κ3) is 4.47. The van der Waals surface area contributed by atoms with Crippen molar-refractivity contribution in [2.45, 2.75) is 11.3 Å². The van der Waals surface area contributed by atoms with Crippen LogP contribution in [-0.2, 0) is 11.0 Å². The van der Waals surface area contributed by atoms with Crippen molar-refractivity contribution < 1.29 is 27.4 Å². The molecule has 0 fully saturated rings. The molecule has 1 aromatic heterocycles. The summed E-state index contributed by atoms with van der Waals surface area (Å²) in [7, 11) is 2.90. The largest absolute Gasteiger partial charge is 0.497 e. The number of hydrogen-bond acceptors (Lipinski definition) is 7. The Morgan fingerprint density at radius 3 is 2.60 bits per heavy atom. The lowest BCUT2D eigenvalue weighted by atomic mass is 10.2. The van der Waals surface area contributed by atoms with E-state index < -0.39 is 17.9 Å². The first-order valence-electron chi connectivity index (χ1n) is 6.68. The number of thioether (sulfide) groups is 1. The molecule has 0 bridgehead atoms. The number of carbonyl (C=O) groups is 1. The van der Waals surface area contributed by atoms with E-state index in [0.29, 0.717) is 33.6 Å². The maximum Gasteiger partial charge on any atom is 0.453 e. The summed E-state index contributed by atoms with van der Waals surface area (Å²) in [5, 5.41) is 8.64. The van der Waals surface area contributed by atoms with Crippen molar-refractivity contribution >= 4 is 23.4 Å². The minimum atomic E-state index is -4.73. The number of halogens is 3. The maximum absolute atomic E-state index is 12.6. The van der Waals surface area contributed by atoms with Crippen molar-refractivity contribution in [3.63, 3.8) is 0 Å². The molecule has 12 heteroatoms. The van der Waals surface area contributed by atoms with Crippen LogP contribution in [0, 0.1) is 0 Å². The fraction of sp³-hybridized carbons (Fsp3) is 0.308. The first-order valence-corrected chi connectivity index (χ1v) is 7.67. The Morgan fingerprint density at radius 2 is 2.04 bits per heavy atom. The molecule has 0 radical (unpaired) electrons. The van der Waals surface area contributed by atoms with Gasteiger partial charge in [-0.3, -0.25) is 4.79 Å². The van der Waals surface area contributed by atoms with Crippen molar-refractivity contribution in [3.8, 4) is 11.5 Å². The van der Waals surface area contributed by atoms with Gasteiger partial charge in [0, 0.05) is 6.07 Å². The van der Waals surface area contributed by atoms with Crippen LogP contribution >= 0.6 is 11.8 Å². The van der Waals surface area contributed by atoms with Gasteiger partial charge in [-0.25, -0.2) is 4.68 Å². The van der Waals surface area contributed by atoms with Crippen LogP contribution in [0.25, 0.3) is 0 Å². The molecule has 0 saturated heterocycles. The third-order valence-corrected chi connectivity index (χ3v) is 3.87. The van der Waals surface area contributed by atoms with E-state index in [2.05, 4.69) is 15.5 Å². The zero-order valence-electron chi connectivity index (χ0n) is 13.1. The molecule has 136 valence electrons. The first kappa shape index (κ1) is 18.7. The van der Waals surface area contributed by atoms with Crippen molar-refractivity contribution in [1.29, 1.82) is 0 Å². The molecule has 1 aromatic carbocycles. The van der Waals surface area contributed by atoms with Crippen molar-refractivity contribution in [3.05, 3.63) is 24.0 Å². The number of ether oxygens (including phenoxy) is 2. The molecular weight excluding hydrogens is 363 g/mol. The summed E-state index contributed by atoms with van der Waals surface area (Å²) in [6, 6.07) is 4.81. The number of nitrogens with one attached hydrogen (secondary N) is 1. The number of anilines is 1. The number of nitrogens with two attached hydrogens (primary N) is 1. The van der Waals surface area contributed by atoms with Gasteiger partial charge in [-0.15, -0.1) is 10.2 Å². The zero-order valence-corrected chi connectivity index (χ0v) is 13.9. The Labute approximate surface area is 144 Å². The number of nitrogen functional groups attached to an aromatic ring is 1. The second-order valence-electron chi connectivity index (χ2n) is 4.58. The molecule has 1 amide bonds. The zero-order chi connectivity index (χ0) is 18.6. The van der Waals surface area contributed by atoms with Gasteiger partial charge in [-0.1, -0.05) is 11.8 Å². The molecular formula is C13H14F3N5O3S. The Kier molecular flexibility index (Phi) is 5.62. The van der Waals surface area contributed by atoms with Gasteiger partial charge in [0.15, 0.2) is 0 Å². The molecule has 2 aromatic rings. The van der Waals surface area contributed by atoms with Crippen LogP contribution < -0.4 is 20.6 Å². The van der Waals surface area contributed by atoms with Crippen LogP contribution in [-0.4, -0.2) is 40.8 Å². The summed E-state index contributed by atoms with van der Waals surface area (Å²) < 4.78 is 48.2. The van der Waals surface area contributed by atoms with Gasteiger partial charge < -0.3 is 20.6 Å². The quantitative estimate of drug-likeness (QED) is 0.584. The smallest absolute Gasteiger partial charge is 0.453 e. The van der Waals surface area contributed by atoms with Gasteiger partial charge in [0.05, 0.1) is 25.7 Å². The van der Waals surface area contributed by atoms with Gasteiger partial charge >= 0.3 is 6.18 Å². The third-order valence-electron chi connectivity index (χ3n) is 2.93. The van der Waals surface area contributed by atoms with Crippen molar-refractivity contribution in [2.75, 3.05) is 31.1 Å². The number of carbonyl (C=O) groups excluding carboxylic acids is 1. The summed E-state index contributed by atoms with van der Waals surface area (Å²) in [5.41, 5.74) is 0.359. The lowest BCUT2D eigenvalue weighted by Gasteiger charge is -2.11. The Hall–Kier alpha value is -2.63. The van der Waals surface area contributed by atoms with Gasteiger partial charge in [0.25, 0.3) is 5.82 Å². The van der Waals surface area contributed by atoms with Gasteiger partial charge in [-0.2, -0.15) is 13.2 Å². The fourth-order valence-electron chi connectivity index (χ4n) is 1.80. The molecule has 0 spiro atoms. The van der Waals surface area contributed by atoms with Crippen LogP contribution in [0.3, 0.4) is 0 Å². The second-order valence-corrected chi connectivity index (χ2v) is 5.52. The van der Waals surface area contributed by atoms with E-state index in [1.165, 1.54) is 14.2 Å². The highest BCUT2D eigenvalue weighted by atomic mass is 32.2. The summed E-state index contributed by atoms with van der Waals surface area (Å²) in [4.78, 5) is 12.0. The Bertz CT molecular complexity index is 766. The van der Waals surface area contributed by atoms with E-state index in [1.807, 2.05) is 0 Å². The normalized spacial score (nSPS) is 11.2. The highest BCUT2D eigenvalue weighted by molar-refractivity contribution is 7.99. The molecule has 25 heavy (non-hydrogen) atoms. The highest BCUT2D eigenvalue weighted by Gasteiger charge is 2.38. The highest BCUT2D eigenvalue weighted by Crippen LogP contribution is 2.30. The summed E-state index contributed by atoms with van der Waals surface area (Å²) in [6.45, 7) is 0. The minimum Gasteiger partial charge on any atom is -0.497 e. The topological polar surface area (TPSA) is 104 Å². The van der Waals surface area contributed by atoms with E-state index in [0.717, 1.165) is 0 Å². The molecule has 8 nitrogen and oxygen atoms in total. The molecule has 0 atom stereocenters. The minimum absolute atomic E-state index is 0.229. The monoisotopic (exact) mass is 377 g/mol. The molecule has 0 saturated carbocycles. The number of hydrogen-bond donors (Lipinski definition) is 2. The van der Waals surface area contributed by atoms with Crippen molar-refractivity contribution in [2.24, 2.45) is 0 Å². The summed E-state index contributed by atoms with van der Waals surface area (Å²) in [5.74, 6) is 4.13. The Morgan fingerprint density at radius 1 is 1.32 bits per heavy atom. The van der Waals surface area contributed by atoms with E-state index in [4.69, 9.17) is 15.3 Å². The fourth-order valence-corrected chi connectivity index (χ4v) is 2.45. The number of amides is 1. The summed E-state index contributed by atoms with van der Waals surface area (Å²) in [6.07, 6.45) is -4.73. The average Bonchev–Trinajstić information content (AvgIpc) is 2.93. The SMILES string of the molecule is COc1ccc(OC)c(NC(=O)CSc2nnc(C(F)(F)F)n2N)c1. The molecule has 0 aliphatic rings. The van der Waals surface area contributed by atoms with E-state index in [1.54, 1.807) is 18.2 Å². The van der Waals surface area contributed by atoms with E-state index in [-0.39, 0.29) is 10.9 Å². The molecule has 1 heterocycles. The standard InChI is InChI=1S/C13H14F3N5O3S/c1-23-7-3-4-9(24-2)8(5-7)18-10(22)6-25-12-20-19-11(21(12)17)13(14,15)16/h3-5H,6,17H2,1-2H3,(H,18,22). The van der Waals surface area contributed by atoms with Crippen molar-refractivity contribution in [1.82, 2.24) is 14.9 Å². The molecule has 2 rings (SSSR count). The van der Waals surface area contributed by atoms with Crippen LogP contribution in [0.2, 0.25) is 0 Å². The predicted molar refractivity (Wildman–Crippen MR) is 84.1 cm³/mol. The molecule has 0 unspecified atom stereocenters. The number of methoxy groups -OCH3 is 2. The van der Waals surface area contributed by atoms with E-state index in [9.17, 15) is 18.0 Å². The lowest BCUT2D eigenvalue weighted by molar-refractivity contribution is -0.146. The molecule has 3 N–H and O–H groups in total. The average molecular weight is 377 g/mol. The van der Waals surface area contributed by atoms with Crippen LogP contribution in [0.4, 0.5) is 18.9 Å². The van der Waals surface area contributed by atoms with Gasteiger partial charge in [0.2, 0.25) is 11.1 Å². The number of nitrogens with zero attached hydrogens (tertiary/aromatic N) is 3.